The van der Waals surface area contributed by atoms with Gasteiger partial charge in [0, 0.05) is 88.0 Å². The molecule has 0 aromatic heterocycles. The zero-order valence-electron chi connectivity index (χ0n) is 89.4. The number of hydrogen-bond acceptors (Lipinski definition) is 45. The van der Waals surface area contributed by atoms with E-state index in [1.54, 1.807) is 39.8 Å². The Bertz CT molecular complexity index is 4060. The first-order chi connectivity index (χ1) is 70.3. The second kappa shape index (κ2) is 58.9. The number of hydrogen-bond donors (Lipinski definition) is 28. The number of ether oxygens (including phenoxy) is 16. The Morgan fingerprint density at radius 3 is 1.57 bits per heavy atom. The van der Waals surface area contributed by atoms with Gasteiger partial charge in [-0.3, -0.25) is 14.4 Å². The third-order valence-corrected chi connectivity index (χ3v) is 32.0. The summed E-state index contributed by atoms with van der Waals surface area (Å²) >= 11 is 0. The topological polar surface area (TPSA) is 755 Å². The quantitative estimate of drug-likeness (QED) is 0.0175. The lowest BCUT2D eigenvalue weighted by atomic mass is 9.82. The number of unbranched alkanes of at least 4 members (excludes halogenated alkanes) is 1. The predicted molar refractivity (Wildman–Crippen MR) is 526 cm³/mol. The normalized spacial score (nSPS) is 46.8. The molecule has 57 atom stereocenters. The summed E-state index contributed by atoms with van der Waals surface area (Å²) in [5.41, 5.74) is 5.43. The average Bonchev–Trinajstić information content (AvgIpc) is 0.758. The lowest BCUT2D eigenvalue weighted by Gasteiger charge is -2.52. The van der Waals surface area contributed by atoms with Crippen LogP contribution in [0.5, 0.6) is 0 Å². The Hall–Kier alpha value is -4.01. The molecule has 9 aliphatic heterocycles. The predicted octanol–water partition coefficient (Wildman–Crippen LogP) is -3.68. The number of nitrogens with one attached hydrogen (secondary N) is 2. The molecule has 0 spiro atoms. The number of esters is 1. The Labute approximate surface area is 877 Å². The SMILES string of the molecule is CC(=O)N[C@@H]1C[C@H](O[C@@H]2[C@@H](O)[C@H](O[C@H]3[C@H](O[C@H]4C[C@@H](NC(C)=O)[C@H](O)[C@@H](C)O4)[C@@H](O[C@@H]4O[C@H](CO)[C@@H](O)[C@H](O)[C@H]4O)[C@H](OC4CC5(O)OC(CC(O)C5O)C(C)C(O[C@@H]5O[C@H](CO)[C@@H](O)[C@H](O)[C@H]5O)CC(O)CC(O)C(C)C(O)/C=C/C=C/C(C)C(CC(O)CCCCC(C)C(O)C(C)CCC(O)C(C)C(C)O[C@H]5C[C@](C)(N)[C@H](O)[C@H](C)O5)OC(=O)C(C)C(O)/C=C/CC(O)CC(O)CCC4C)O[C@@H]3C)O[C@H](C)[C@H]2O)O[C@H](C)[C@H]1O. The van der Waals surface area contributed by atoms with Crippen LogP contribution in [0.3, 0.4) is 0 Å². The number of aliphatic hydroxyl groups is 25. The van der Waals surface area contributed by atoms with E-state index in [4.69, 9.17) is 81.5 Å². The maximum absolute atomic E-state index is 14.3. The number of rotatable bonds is 32. The smallest absolute Gasteiger partial charge is 0.311 e. The fraction of sp³-hybridized carbons (Fsp3) is 0.913. The third kappa shape index (κ3) is 35.3. The van der Waals surface area contributed by atoms with E-state index >= 15 is 0 Å². The molecule has 150 heavy (non-hydrogen) atoms. The molecule has 8 fully saturated rings. The molecule has 0 radical (unpaired) electrons. The maximum Gasteiger partial charge on any atom is 0.311 e. The van der Waals surface area contributed by atoms with Gasteiger partial charge in [0.2, 0.25) is 11.8 Å². The van der Waals surface area contributed by atoms with Crippen LogP contribution in [-0.4, -0.2) is 458 Å². The molecule has 9 rings (SSSR count). The van der Waals surface area contributed by atoms with Crippen molar-refractivity contribution in [1.82, 2.24) is 10.6 Å². The number of carbonyl (C=O) groups excluding carboxylic acids is 3. The van der Waals surface area contributed by atoms with E-state index in [9.17, 15) is 142 Å². The minimum absolute atomic E-state index is 0.0860. The Morgan fingerprint density at radius 1 is 0.467 bits per heavy atom. The van der Waals surface area contributed by atoms with Crippen LogP contribution < -0.4 is 16.4 Å². The molecular weight excluding hydrogens is 1980 g/mol. The van der Waals surface area contributed by atoms with E-state index in [1.165, 1.54) is 86.6 Å². The number of carbonyl (C=O) groups is 3. The van der Waals surface area contributed by atoms with E-state index in [0.717, 1.165) is 0 Å². The van der Waals surface area contributed by atoms with Crippen LogP contribution in [-0.2, 0) is 90.2 Å². The van der Waals surface area contributed by atoms with Gasteiger partial charge in [0.25, 0.3) is 0 Å². The monoisotopic (exact) mass is 2160 g/mol. The minimum atomic E-state index is -3.05. The van der Waals surface area contributed by atoms with Crippen molar-refractivity contribution in [2.45, 2.75) is 533 Å². The molecule has 9 aliphatic rings. The van der Waals surface area contributed by atoms with Crippen LogP contribution in [0.15, 0.2) is 36.5 Å². The highest BCUT2D eigenvalue weighted by molar-refractivity contribution is 5.74. The van der Waals surface area contributed by atoms with Crippen molar-refractivity contribution in [3.8, 4) is 0 Å². The van der Waals surface area contributed by atoms with Gasteiger partial charge >= 0.3 is 5.97 Å². The van der Waals surface area contributed by atoms with Crippen LogP contribution in [0, 0.1) is 47.3 Å². The van der Waals surface area contributed by atoms with Crippen molar-refractivity contribution < 1.29 is 218 Å². The maximum atomic E-state index is 14.3. The third-order valence-electron chi connectivity index (χ3n) is 32.0. The van der Waals surface area contributed by atoms with Gasteiger partial charge in [0.05, 0.1) is 153 Å². The van der Waals surface area contributed by atoms with Crippen molar-refractivity contribution in [3.63, 3.8) is 0 Å². The molecular formula is C103H181N3O44. The van der Waals surface area contributed by atoms with Crippen molar-refractivity contribution in [2.24, 2.45) is 53.1 Å². The molecule has 0 aromatic carbocycles. The summed E-state index contributed by atoms with van der Waals surface area (Å²) in [6.07, 6.45) is -61.9. The van der Waals surface area contributed by atoms with E-state index in [1.807, 2.05) is 27.7 Å². The largest absolute Gasteiger partial charge is 0.461 e. The molecule has 0 saturated carbocycles. The van der Waals surface area contributed by atoms with Crippen molar-refractivity contribution in [1.29, 1.82) is 0 Å². The zero-order chi connectivity index (χ0) is 112. The van der Waals surface area contributed by atoms with Crippen LogP contribution >= 0.6 is 0 Å². The van der Waals surface area contributed by atoms with Gasteiger partial charge in [-0.15, -0.1) is 0 Å². The fourth-order valence-electron chi connectivity index (χ4n) is 21.4. The molecule has 47 heteroatoms. The fourth-order valence-corrected chi connectivity index (χ4v) is 21.4. The van der Waals surface area contributed by atoms with Crippen LogP contribution in [0.1, 0.15) is 233 Å². The van der Waals surface area contributed by atoms with Gasteiger partial charge in [-0.2, -0.15) is 0 Å². The molecule has 872 valence electrons. The number of nitrogens with two attached hydrogens (primary N) is 1. The molecule has 0 aromatic rings. The molecule has 47 nitrogen and oxygen atoms in total. The van der Waals surface area contributed by atoms with Gasteiger partial charge in [-0.1, -0.05) is 97.8 Å². The van der Waals surface area contributed by atoms with Crippen molar-refractivity contribution in [3.05, 3.63) is 36.5 Å². The second-order valence-electron chi connectivity index (χ2n) is 44.5. The minimum Gasteiger partial charge on any atom is -0.461 e. The zero-order valence-corrected chi connectivity index (χ0v) is 89.4. The average molecular weight is 2170 g/mol. The highest BCUT2D eigenvalue weighted by Crippen LogP contribution is 2.45. The first-order valence-corrected chi connectivity index (χ1v) is 53.6. The summed E-state index contributed by atoms with van der Waals surface area (Å²) in [4.78, 5) is 39.5. The van der Waals surface area contributed by atoms with E-state index in [-0.39, 0.29) is 75.5 Å². The van der Waals surface area contributed by atoms with Gasteiger partial charge < -0.3 is 220 Å². The molecule has 29 N–H and O–H groups in total. The van der Waals surface area contributed by atoms with E-state index < -0.39 is 386 Å². The number of fused-ring (bicyclic) bond motifs is 2. The summed E-state index contributed by atoms with van der Waals surface area (Å²) in [5, 5.41) is 296. The van der Waals surface area contributed by atoms with Gasteiger partial charge in [0.15, 0.2) is 49.8 Å². The number of aliphatic hydroxyl groups excluding tert-OH is 24. The lowest BCUT2D eigenvalue weighted by molar-refractivity contribution is -0.408. The summed E-state index contributed by atoms with van der Waals surface area (Å²) in [7, 11) is 0. The summed E-state index contributed by atoms with van der Waals surface area (Å²) in [5.74, 6) is -11.1. The Morgan fingerprint density at radius 2 is 0.993 bits per heavy atom. The van der Waals surface area contributed by atoms with Crippen molar-refractivity contribution in [2.75, 3.05) is 13.2 Å². The second-order valence-corrected chi connectivity index (χ2v) is 44.5. The highest BCUT2D eigenvalue weighted by atomic mass is 16.8. The summed E-state index contributed by atoms with van der Waals surface area (Å²) in [6, 6.07) is -2.06. The number of cyclic esters (lactones) is 1. The highest BCUT2D eigenvalue weighted by Gasteiger charge is 2.60. The van der Waals surface area contributed by atoms with Crippen molar-refractivity contribution >= 4 is 17.8 Å². The Kier molecular flexibility index (Phi) is 50.8. The molecule has 25 unspecified atom stereocenters. The lowest BCUT2D eigenvalue weighted by Crippen LogP contribution is -2.68. The first kappa shape index (κ1) is 129. The Balaban J connectivity index is 1.02. The molecule has 2 amide bonds. The molecule has 0 aliphatic carbocycles. The van der Waals surface area contributed by atoms with Crippen LogP contribution in [0.2, 0.25) is 0 Å². The van der Waals surface area contributed by atoms with Gasteiger partial charge in [-0.25, -0.2) is 0 Å². The summed E-state index contributed by atoms with van der Waals surface area (Å²) < 4.78 is 102. The van der Waals surface area contributed by atoms with Gasteiger partial charge in [0.1, 0.15) is 110 Å². The molecule has 9 heterocycles. The molecule has 2 bridgehead atoms. The van der Waals surface area contributed by atoms with E-state index in [2.05, 4.69) is 10.6 Å². The van der Waals surface area contributed by atoms with Gasteiger partial charge in [-0.05, 0) is 131 Å². The summed E-state index contributed by atoms with van der Waals surface area (Å²) in [6.45, 7) is 24.9. The first-order valence-electron chi connectivity index (χ1n) is 53.6. The number of amides is 2. The van der Waals surface area contributed by atoms with Crippen LogP contribution in [0.4, 0.5) is 0 Å². The molecule has 8 saturated heterocycles. The van der Waals surface area contributed by atoms with Crippen LogP contribution in [0.25, 0.3) is 0 Å². The van der Waals surface area contributed by atoms with E-state index in [0.29, 0.717) is 32.1 Å². The number of allylic oxidation sites excluding steroid dienone is 2. The standard InChI is InChI=1S/C103H181N3O44/c1-44-23-19-21-27-66(115)49(6)69(118)34-63(114)36-72(142-98-88(128)86(126)84(124)75(42-107)144-98)51(8)73-39-70(119)96(132)103(134,150-73)40-74(45(2)29-31-62(113)33-60(111)26-22-28-67(116)50(7)97(133)141-71(44)35-61(112)25-20-18-24-46(3)80(120)47(4)30-32-68(117)48(5)52(9)135-79-41-102(17,104)95(131)57(14)138-79)143-101-94(149-99-89(129)87(127)85(125)76(43-108)145-99)93(147-78-38-65(106-59(16)110)82(122)54(11)137-78)91(56(13)140-101)148-100-90(130)92(83(123)55(12)139-100)146-77-37-64(105-58(15)109)81(121)53(10)136-77/h19,21-23,27-28,44-57,60-96,98-101,107-108,111-132,134H,18,20,24-26,29-43,104H2,1-17H3,(H,105,109)(H,106,110)/b23-19+,27-21+,28-22+/t44?,45?,46?,47?,48?,49?,50?,51?,52?,53-,54-,55-,56-,57+,60?,61?,62?,63?,64-,65-,66?,67?,68?,69?,70?,71?,72?,73?,74?,75-,76-,77+,78+,79-,80?,81-,82-,83-,84-,85-,86+,87+,88-,89-,90-,91-,92+,93+,94-,95-,96?,98-,99+,100+,101+,102+,103?/m1/s1.